The molecule has 0 saturated heterocycles. The number of hydrogen-bond donors (Lipinski definition) is 1. The molecule has 1 saturated carbocycles. The summed E-state index contributed by atoms with van der Waals surface area (Å²) < 4.78 is 5.40. The number of pyridine rings is 1. The maximum Gasteiger partial charge on any atom is 0.232 e. The number of anilines is 1. The fourth-order valence-corrected chi connectivity index (χ4v) is 3.30. The quantitative estimate of drug-likeness (QED) is 0.706. The van der Waals surface area contributed by atoms with Crippen molar-refractivity contribution < 1.29 is 14.0 Å². The molecule has 0 aromatic carbocycles. The number of carbonyl (C=O) groups is 2. The highest BCUT2D eigenvalue weighted by molar-refractivity contribution is 7.18. The van der Waals surface area contributed by atoms with Crippen LogP contribution in [0.4, 0.5) is 5.13 Å². The van der Waals surface area contributed by atoms with Gasteiger partial charge in [0.25, 0.3) is 0 Å². The standard InChI is InChI=1S/C18H15N3O3S/c1-18(7-8-18)16(23)21-17-20-13(12-6-4-10-24-12)15(25-17)14(22)11-5-2-3-9-19-11/h2-6,9-10H,7-8H2,1H3,(H,20,21,23). The Morgan fingerprint density at radius 1 is 1.24 bits per heavy atom. The molecule has 4 rings (SSSR count). The number of nitrogens with zero attached hydrogens (tertiary/aromatic N) is 2. The lowest BCUT2D eigenvalue weighted by atomic mass is 10.1. The highest BCUT2D eigenvalue weighted by Gasteiger charge is 2.45. The zero-order chi connectivity index (χ0) is 17.4. The normalized spacial score (nSPS) is 14.9. The van der Waals surface area contributed by atoms with Crippen molar-refractivity contribution in [1.29, 1.82) is 0 Å². The first kappa shape index (κ1) is 15.7. The summed E-state index contributed by atoms with van der Waals surface area (Å²) in [6.45, 7) is 1.92. The van der Waals surface area contributed by atoms with Gasteiger partial charge in [-0.15, -0.1) is 0 Å². The van der Waals surface area contributed by atoms with Gasteiger partial charge in [0.15, 0.2) is 10.9 Å². The summed E-state index contributed by atoms with van der Waals surface area (Å²) in [5.41, 5.74) is 0.426. The van der Waals surface area contributed by atoms with Crippen LogP contribution in [0.25, 0.3) is 11.5 Å². The van der Waals surface area contributed by atoms with Crippen LogP contribution in [0.2, 0.25) is 0 Å². The van der Waals surface area contributed by atoms with Crippen molar-refractivity contribution in [2.45, 2.75) is 19.8 Å². The number of ketones is 1. The predicted molar refractivity (Wildman–Crippen MR) is 93.5 cm³/mol. The fourth-order valence-electron chi connectivity index (χ4n) is 2.38. The van der Waals surface area contributed by atoms with Crippen LogP contribution < -0.4 is 5.32 Å². The van der Waals surface area contributed by atoms with Crippen LogP contribution in [0, 0.1) is 5.41 Å². The summed E-state index contributed by atoms with van der Waals surface area (Å²) >= 11 is 1.14. The van der Waals surface area contributed by atoms with Crippen LogP contribution in [0.3, 0.4) is 0 Å². The van der Waals surface area contributed by atoms with E-state index in [2.05, 4.69) is 15.3 Å². The summed E-state index contributed by atoms with van der Waals surface area (Å²) in [6.07, 6.45) is 4.83. The second-order valence-corrected chi connectivity index (χ2v) is 7.23. The molecule has 1 fully saturated rings. The van der Waals surface area contributed by atoms with Crippen molar-refractivity contribution in [2.75, 3.05) is 5.32 Å². The van der Waals surface area contributed by atoms with Crippen LogP contribution in [0.15, 0.2) is 47.2 Å². The van der Waals surface area contributed by atoms with Gasteiger partial charge < -0.3 is 9.73 Å². The van der Waals surface area contributed by atoms with Gasteiger partial charge in [-0.3, -0.25) is 14.6 Å². The van der Waals surface area contributed by atoms with Crippen LogP contribution in [-0.2, 0) is 4.79 Å². The topological polar surface area (TPSA) is 85.1 Å². The number of carbonyl (C=O) groups excluding carboxylic acids is 2. The van der Waals surface area contributed by atoms with Gasteiger partial charge in [0.1, 0.15) is 16.3 Å². The zero-order valence-corrected chi connectivity index (χ0v) is 14.3. The number of hydrogen-bond acceptors (Lipinski definition) is 6. The van der Waals surface area contributed by atoms with E-state index in [1.807, 2.05) is 6.92 Å². The molecule has 0 unspecified atom stereocenters. The molecule has 6 nitrogen and oxygen atoms in total. The molecule has 1 aliphatic rings. The first-order chi connectivity index (χ1) is 12.1. The number of furan rings is 1. The summed E-state index contributed by atoms with van der Waals surface area (Å²) in [5, 5.41) is 3.22. The van der Waals surface area contributed by atoms with E-state index >= 15 is 0 Å². The molecule has 25 heavy (non-hydrogen) atoms. The highest BCUT2D eigenvalue weighted by atomic mass is 32.1. The largest absolute Gasteiger partial charge is 0.463 e. The summed E-state index contributed by atoms with van der Waals surface area (Å²) in [6, 6.07) is 8.62. The van der Waals surface area contributed by atoms with Crippen LogP contribution in [0.5, 0.6) is 0 Å². The maximum absolute atomic E-state index is 12.8. The predicted octanol–water partition coefficient (Wildman–Crippen LogP) is 3.77. The van der Waals surface area contributed by atoms with Gasteiger partial charge >= 0.3 is 0 Å². The average Bonchev–Trinajstić information content (AvgIpc) is 3.05. The Balaban J connectivity index is 1.71. The monoisotopic (exact) mass is 353 g/mol. The highest BCUT2D eigenvalue weighted by Crippen LogP contribution is 2.46. The van der Waals surface area contributed by atoms with E-state index in [-0.39, 0.29) is 17.1 Å². The minimum Gasteiger partial charge on any atom is -0.463 e. The Morgan fingerprint density at radius 2 is 2.08 bits per heavy atom. The van der Waals surface area contributed by atoms with Gasteiger partial charge in [-0.1, -0.05) is 24.3 Å². The number of nitrogens with one attached hydrogen (secondary N) is 1. The Morgan fingerprint density at radius 3 is 2.72 bits per heavy atom. The second kappa shape index (κ2) is 5.93. The van der Waals surface area contributed by atoms with Gasteiger partial charge in [0.05, 0.1) is 6.26 Å². The van der Waals surface area contributed by atoms with Crippen molar-refractivity contribution >= 4 is 28.2 Å². The molecule has 0 radical (unpaired) electrons. The number of amides is 1. The molecule has 0 atom stereocenters. The third-order valence-corrected chi connectivity index (χ3v) is 5.22. The first-order valence-electron chi connectivity index (χ1n) is 7.89. The molecule has 1 aliphatic carbocycles. The van der Waals surface area contributed by atoms with Gasteiger partial charge in [0.2, 0.25) is 11.7 Å². The van der Waals surface area contributed by atoms with E-state index in [9.17, 15) is 9.59 Å². The molecule has 3 aromatic heterocycles. The fraction of sp³-hybridized carbons (Fsp3) is 0.222. The number of rotatable bonds is 5. The third-order valence-electron chi connectivity index (χ3n) is 4.25. The molecule has 7 heteroatoms. The Bertz CT molecular complexity index is 928. The lowest BCUT2D eigenvalue weighted by Gasteiger charge is -2.06. The Hall–Kier alpha value is -2.80. The number of aromatic nitrogens is 2. The molecule has 0 aliphatic heterocycles. The van der Waals surface area contributed by atoms with Crippen molar-refractivity contribution in [3.8, 4) is 11.5 Å². The van der Waals surface area contributed by atoms with E-state index in [0.717, 1.165) is 24.2 Å². The van der Waals surface area contributed by atoms with E-state index in [4.69, 9.17) is 4.42 Å². The first-order valence-corrected chi connectivity index (χ1v) is 8.70. The van der Waals surface area contributed by atoms with Crippen LogP contribution in [0.1, 0.15) is 35.1 Å². The summed E-state index contributed by atoms with van der Waals surface area (Å²) in [5.74, 6) is 0.167. The molecular weight excluding hydrogens is 338 g/mol. The van der Waals surface area contributed by atoms with Gasteiger partial charge in [0, 0.05) is 11.6 Å². The molecular formula is C18H15N3O3S. The van der Waals surface area contributed by atoms with Gasteiger partial charge in [-0.2, -0.15) is 0 Å². The molecule has 0 bridgehead atoms. The summed E-state index contributed by atoms with van der Waals surface area (Å²) in [7, 11) is 0. The smallest absolute Gasteiger partial charge is 0.232 e. The minimum absolute atomic E-state index is 0.0657. The lowest BCUT2D eigenvalue weighted by molar-refractivity contribution is -0.120. The van der Waals surface area contributed by atoms with Crippen LogP contribution in [-0.4, -0.2) is 21.7 Å². The molecule has 1 N–H and O–H groups in total. The van der Waals surface area contributed by atoms with E-state index in [1.54, 1.807) is 36.5 Å². The summed E-state index contributed by atoms with van der Waals surface area (Å²) in [4.78, 5) is 34.0. The van der Waals surface area contributed by atoms with Crippen molar-refractivity contribution in [3.63, 3.8) is 0 Å². The molecule has 0 spiro atoms. The van der Waals surface area contributed by atoms with E-state index < -0.39 is 0 Å². The molecule has 3 heterocycles. The van der Waals surface area contributed by atoms with E-state index in [1.165, 1.54) is 6.26 Å². The van der Waals surface area contributed by atoms with Crippen molar-refractivity contribution in [3.05, 3.63) is 53.4 Å². The molecule has 1 amide bonds. The third kappa shape index (κ3) is 2.98. The minimum atomic E-state index is -0.318. The van der Waals surface area contributed by atoms with Gasteiger partial charge in [-0.05, 0) is 37.1 Å². The zero-order valence-electron chi connectivity index (χ0n) is 13.5. The number of thiazole rings is 1. The maximum atomic E-state index is 12.8. The van der Waals surface area contributed by atoms with Gasteiger partial charge in [-0.25, -0.2) is 4.98 Å². The second-order valence-electron chi connectivity index (χ2n) is 6.23. The van der Waals surface area contributed by atoms with Crippen LogP contribution >= 0.6 is 11.3 Å². The Kier molecular flexibility index (Phi) is 3.73. The lowest BCUT2D eigenvalue weighted by Crippen LogP contribution is -2.21. The Labute approximate surface area is 147 Å². The molecule has 126 valence electrons. The van der Waals surface area contributed by atoms with Crippen molar-refractivity contribution in [2.24, 2.45) is 5.41 Å². The van der Waals surface area contributed by atoms with E-state index in [0.29, 0.717) is 27.2 Å². The SMILES string of the molecule is CC1(C(=O)Nc2nc(-c3ccco3)c(C(=O)c3ccccn3)s2)CC1. The average molecular weight is 353 g/mol. The van der Waals surface area contributed by atoms with Crippen molar-refractivity contribution in [1.82, 2.24) is 9.97 Å². The molecule has 3 aromatic rings.